The molecular weight excluding hydrogens is 212 g/mol. The van der Waals surface area contributed by atoms with Crippen molar-refractivity contribution >= 4 is 11.9 Å². The van der Waals surface area contributed by atoms with E-state index in [2.05, 4.69) is 4.74 Å². The lowest BCUT2D eigenvalue weighted by molar-refractivity contribution is -0.138. The molecule has 0 saturated heterocycles. The number of cyclic esters (lactones) is 1. The summed E-state index contributed by atoms with van der Waals surface area (Å²) >= 11 is 0. The Kier molecular flexibility index (Phi) is 4.47. The van der Waals surface area contributed by atoms with E-state index in [0.29, 0.717) is 5.57 Å². The zero-order valence-corrected chi connectivity index (χ0v) is 8.80. The molecule has 0 unspecified atom stereocenters. The van der Waals surface area contributed by atoms with Gasteiger partial charge < -0.3 is 14.6 Å². The van der Waals surface area contributed by atoms with Crippen LogP contribution in [0, 0.1) is 0 Å². The fourth-order valence-electron chi connectivity index (χ4n) is 1.11. The maximum absolute atomic E-state index is 11.3. The summed E-state index contributed by atoms with van der Waals surface area (Å²) in [5, 5.41) is 8.69. The second-order valence-electron chi connectivity index (χ2n) is 2.99. The van der Waals surface area contributed by atoms with Crippen molar-refractivity contribution in [3.63, 3.8) is 0 Å². The fraction of sp³-hybridized carbons (Fsp3) is 0.273. The summed E-state index contributed by atoms with van der Waals surface area (Å²) in [4.78, 5) is 22.1. The van der Waals surface area contributed by atoms with Gasteiger partial charge >= 0.3 is 11.9 Å². The van der Waals surface area contributed by atoms with Gasteiger partial charge in [0.15, 0.2) is 0 Å². The first-order valence-electron chi connectivity index (χ1n) is 4.62. The molecule has 86 valence electrons. The molecule has 0 fully saturated rings. The molecule has 0 aromatic heterocycles. The van der Waals surface area contributed by atoms with Crippen LogP contribution in [-0.4, -0.2) is 37.4 Å². The molecule has 0 atom stereocenters. The van der Waals surface area contributed by atoms with E-state index in [1.54, 1.807) is 6.08 Å². The van der Waals surface area contributed by atoms with E-state index < -0.39 is 11.9 Å². The van der Waals surface area contributed by atoms with E-state index in [0.717, 1.165) is 6.08 Å². The average molecular weight is 224 g/mol. The van der Waals surface area contributed by atoms with Crippen molar-refractivity contribution in [2.75, 3.05) is 20.3 Å². The van der Waals surface area contributed by atoms with Crippen molar-refractivity contribution in [2.45, 2.75) is 0 Å². The first kappa shape index (κ1) is 12.2. The molecule has 0 bridgehead atoms. The molecule has 0 aliphatic carbocycles. The molecule has 0 saturated carbocycles. The number of aliphatic hydroxyl groups is 1. The van der Waals surface area contributed by atoms with Gasteiger partial charge in [-0.05, 0) is 17.7 Å². The van der Waals surface area contributed by atoms with Crippen LogP contribution < -0.4 is 0 Å². The molecule has 1 aliphatic rings. The maximum atomic E-state index is 11.3. The normalized spacial score (nSPS) is 18.5. The average Bonchev–Trinajstić information content (AvgIpc) is 2.29. The van der Waals surface area contributed by atoms with Gasteiger partial charge in [-0.3, -0.25) is 0 Å². The lowest BCUT2D eigenvalue weighted by atomic mass is 10.1. The van der Waals surface area contributed by atoms with Crippen molar-refractivity contribution in [1.29, 1.82) is 0 Å². The van der Waals surface area contributed by atoms with Gasteiger partial charge in [0.25, 0.3) is 0 Å². The molecular formula is C11H12O5. The quantitative estimate of drug-likeness (QED) is 0.544. The van der Waals surface area contributed by atoms with E-state index in [4.69, 9.17) is 9.84 Å². The summed E-state index contributed by atoms with van der Waals surface area (Å²) < 4.78 is 9.22. The van der Waals surface area contributed by atoms with Crippen LogP contribution in [0.15, 0.2) is 35.5 Å². The van der Waals surface area contributed by atoms with Crippen LogP contribution in [0.25, 0.3) is 0 Å². The lowest BCUT2D eigenvalue weighted by Gasteiger charge is -2.12. The number of ether oxygens (including phenoxy) is 2. The van der Waals surface area contributed by atoms with Gasteiger partial charge in [-0.1, -0.05) is 6.08 Å². The Morgan fingerprint density at radius 3 is 3.06 bits per heavy atom. The van der Waals surface area contributed by atoms with Crippen LogP contribution in [0.1, 0.15) is 0 Å². The van der Waals surface area contributed by atoms with Crippen molar-refractivity contribution in [3.05, 3.63) is 35.5 Å². The lowest BCUT2D eigenvalue weighted by Crippen LogP contribution is -2.15. The Balaban J connectivity index is 2.83. The van der Waals surface area contributed by atoms with Gasteiger partial charge in [0.1, 0.15) is 6.61 Å². The van der Waals surface area contributed by atoms with Crippen molar-refractivity contribution in [2.24, 2.45) is 0 Å². The zero-order chi connectivity index (χ0) is 12.0. The first-order chi connectivity index (χ1) is 7.67. The third kappa shape index (κ3) is 3.36. The second-order valence-corrected chi connectivity index (χ2v) is 2.99. The van der Waals surface area contributed by atoms with Gasteiger partial charge in [0, 0.05) is 6.08 Å². The highest BCUT2D eigenvalue weighted by Crippen LogP contribution is 2.13. The Morgan fingerprint density at radius 2 is 2.44 bits per heavy atom. The summed E-state index contributed by atoms with van der Waals surface area (Å²) in [7, 11) is 1.25. The van der Waals surface area contributed by atoms with Gasteiger partial charge in [0.05, 0.1) is 19.3 Å². The number of rotatable bonds is 3. The van der Waals surface area contributed by atoms with Crippen LogP contribution >= 0.6 is 0 Å². The highest BCUT2D eigenvalue weighted by molar-refractivity contribution is 5.95. The molecule has 5 nitrogen and oxygen atoms in total. The number of hydrogen-bond acceptors (Lipinski definition) is 5. The van der Waals surface area contributed by atoms with Gasteiger partial charge in [0.2, 0.25) is 0 Å². The number of aliphatic hydroxyl groups excluding tert-OH is 1. The largest absolute Gasteiger partial charge is 0.466 e. The zero-order valence-electron chi connectivity index (χ0n) is 8.80. The number of carbonyl (C=O) groups excluding carboxylic acids is 2. The smallest absolute Gasteiger partial charge is 0.338 e. The molecule has 16 heavy (non-hydrogen) atoms. The molecule has 0 radical (unpaired) electrons. The maximum Gasteiger partial charge on any atom is 0.338 e. The SMILES string of the molecule is COC(=O)/C=C/C1=CC(=C/CO)/COC1=O. The summed E-state index contributed by atoms with van der Waals surface area (Å²) in [5.74, 6) is -1.05. The first-order valence-corrected chi connectivity index (χ1v) is 4.62. The molecule has 0 aromatic rings. The molecule has 1 rings (SSSR count). The molecule has 1 aliphatic heterocycles. The molecule has 5 heteroatoms. The monoisotopic (exact) mass is 224 g/mol. The summed E-state index contributed by atoms with van der Waals surface area (Å²) in [5.41, 5.74) is 0.933. The summed E-state index contributed by atoms with van der Waals surface area (Å²) in [6.45, 7) is 0.00629. The summed E-state index contributed by atoms with van der Waals surface area (Å²) in [6.07, 6.45) is 5.54. The Bertz CT molecular complexity index is 376. The third-order valence-corrected chi connectivity index (χ3v) is 1.90. The van der Waals surface area contributed by atoms with Gasteiger partial charge in [-0.2, -0.15) is 0 Å². The molecule has 1 heterocycles. The Labute approximate surface area is 92.7 Å². The van der Waals surface area contributed by atoms with E-state index in [1.165, 1.54) is 19.3 Å². The number of hydrogen-bond donors (Lipinski definition) is 1. The van der Waals surface area contributed by atoms with Crippen molar-refractivity contribution in [1.82, 2.24) is 0 Å². The van der Waals surface area contributed by atoms with Crippen LogP contribution in [-0.2, 0) is 19.1 Å². The highest BCUT2D eigenvalue weighted by Gasteiger charge is 2.15. The van der Waals surface area contributed by atoms with E-state index in [1.807, 2.05) is 0 Å². The predicted molar refractivity (Wildman–Crippen MR) is 55.4 cm³/mol. The molecule has 0 amide bonds. The van der Waals surface area contributed by atoms with Crippen molar-refractivity contribution in [3.8, 4) is 0 Å². The highest BCUT2D eigenvalue weighted by atomic mass is 16.5. The summed E-state index contributed by atoms with van der Waals surface area (Å²) in [6, 6.07) is 0. The fourth-order valence-corrected chi connectivity index (χ4v) is 1.11. The Hall–Kier alpha value is -1.88. The van der Waals surface area contributed by atoms with E-state index >= 15 is 0 Å². The van der Waals surface area contributed by atoms with Crippen molar-refractivity contribution < 1.29 is 24.2 Å². The minimum absolute atomic E-state index is 0.128. The topological polar surface area (TPSA) is 72.8 Å². The third-order valence-electron chi connectivity index (χ3n) is 1.90. The van der Waals surface area contributed by atoms with Crippen LogP contribution in [0.4, 0.5) is 0 Å². The van der Waals surface area contributed by atoms with Gasteiger partial charge in [-0.15, -0.1) is 0 Å². The standard InChI is InChI=1S/C11H12O5/c1-15-10(13)3-2-9-6-8(4-5-12)7-16-11(9)14/h2-4,6,12H,5,7H2,1H3/b3-2+,8-4-. The molecule has 1 N–H and O–H groups in total. The van der Waals surface area contributed by atoms with Gasteiger partial charge in [-0.25, -0.2) is 9.59 Å². The molecule has 0 aromatic carbocycles. The second kappa shape index (κ2) is 5.87. The van der Waals surface area contributed by atoms with Crippen LogP contribution in [0.2, 0.25) is 0 Å². The number of esters is 2. The van der Waals surface area contributed by atoms with Crippen LogP contribution in [0.3, 0.4) is 0 Å². The minimum atomic E-state index is -0.549. The Morgan fingerprint density at radius 1 is 1.69 bits per heavy atom. The number of methoxy groups -OCH3 is 1. The van der Waals surface area contributed by atoms with E-state index in [-0.39, 0.29) is 18.8 Å². The van der Waals surface area contributed by atoms with E-state index in [9.17, 15) is 9.59 Å². The minimum Gasteiger partial charge on any atom is -0.466 e. The number of carbonyl (C=O) groups is 2. The molecule has 0 spiro atoms. The van der Waals surface area contributed by atoms with Crippen LogP contribution in [0.5, 0.6) is 0 Å². The predicted octanol–water partition coefficient (Wildman–Crippen LogP) is 0.117.